The maximum Gasteiger partial charge on any atom is 0.194 e. The molecular formula is C90H54N8. The molecule has 0 amide bonds. The van der Waals surface area contributed by atoms with Gasteiger partial charge in [0.25, 0.3) is 0 Å². The minimum absolute atomic E-state index is 0.434. The fourth-order valence-corrected chi connectivity index (χ4v) is 13.9. The molecule has 0 bridgehead atoms. The molecule has 14 aromatic carbocycles. The van der Waals surface area contributed by atoms with Crippen LogP contribution >= 0.6 is 0 Å². The zero-order valence-corrected chi connectivity index (χ0v) is 52.8. The Bertz CT molecular complexity index is 5590. The van der Waals surface area contributed by atoms with Crippen LogP contribution in [0.3, 0.4) is 0 Å². The number of hydrogen-bond acceptors (Lipinski definition) is 5. The zero-order valence-electron chi connectivity index (χ0n) is 52.8. The number of nitriles is 2. The van der Waals surface area contributed by atoms with Gasteiger partial charge in [-0.05, 0) is 146 Å². The van der Waals surface area contributed by atoms with Crippen molar-refractivity contribution in [1.82, 2.24) is 24.1 Å². The Morgan fingerprint density at radius 1 is 0.265 bits per heavy atom. The molecule has 0 N–H and O–H groups in total. The SMILES string of the molecule is [C-]#[N+]c1ccccc1-c1ccc(-c2nc(-c3ccc(-c4ccc(C#N)cc4)cc3)nc(-c3ccc(-c4ccccc4C#N)c(-n4c5ccc(-c6ccccc6)cc5c5cc(-c6ccccc6)ccc54)c3)n2)cc1-n1c2ccc(-c3ccccc3)cc2c2cc(-c3ccccc3)ccc21. The van der Waals surface area contributed by atoms with Crippen LogP contribution in [0.4, 0.5) is 5.69 Å². The van der Waals surface area contributed by atoms with Gasteiger partial charge in [0, 0.05) is 49.4 Å². The monoisotopic (exact) mass is 1250 g/mol. The third-order valence-corrected chi connectivity index (χ3v) is 18.7. The quantitative estimate of drug-likeness (QED) is 0.113. The number of nitrogens with zero attached hydrogens (tertiary/aromatic N) is 8. The molecule has 0 radical (unpaired) electrons. The highest BCUT2D eigenvalue weighted by Crippen LogP contribution is 2.45. The highest BCUT2D eigenvalue weighted by Gasteiger charge is 2.25. The minimum Gasteiger partial charge on any atom is -0.309 e. The number of fused-ring (bicyclic) bond motifs is 6. The van der Waals surface area contributed by atoms with Gasteiger partial charge in [-0.3, -0.25) is 0 Å². The number of hydrogen-bond donors (Lipinski definition) is 0. The van der Waals surface area contributed by atoms with Crippen molar-refractivity contribution in [3.63, 3.8) is 0 Å². The van der Waals surface area contributed by atoms with Crippen LogP contribution in [0.5, 0.6) is 0 Å². The molecule has 8 nitrogen and oxygen atoms in total. The summed E-state index contributed by atoms with van der Waals surface area (Å²) < 4.78 is 4.66. The third-order valence-electron chi connectivity index (χ3n) is 18.7. The van der Waals surface area contributed by atoms with Gasteiger partial charge in [-0.2, -0.15) is 10.5 Å². The first kappa shape index (κ1) is 58.0. The van der Waals surface area contributed by atoms with E-state index in [4.69, 9.17) is 21.5 Å². The van der Waals surface area contributed by atoms with Gasteiger partial charge in [-0.1, -0.05) is 249 Å². The number of aromatic nitrogens is 5. The van der Waals surface area contributed by atoms with Gasteiger partial charge in [0.1, 0.15) is 0 Å². The average molecular weight is 1250 g/mol. The smallest absolute Gasteiger partial charge is 0.194 e. The Labute approximate surface area is 566 Å². The molecule has 454 valence electrons. The zero-order chi connectivity index (χ0) is 65.6. The lowest BCUT2D eigenvalue weighted by Gasteiger charge is -2.18. The third kappa shape index (κ3) is 10.4. The molecule has 0 spiro atoms. The molecule has 0 fully saturated rings. The molecule has 0 aliphatic carbocycles. The standard InChI is InChI=1S/C90H54N8/c1-93-81-29-17-16-28-74(81)76-45-39-71(55-87(76)98-84-48-42-68(61-22-10-4-11-23-61)52-79(84)80-53-69(43-49-85(80)98)62-24-12-5-13-25-62)90-95-88(65-36-34-64(35-37-65)63-32-30-58(56-91)31-33-63)94-89(96-90)70-38-44-75(73-27-15-14-26-72(73)57-92)86(54-70)97-82-46-40-66(59-18-6-2-7-19-59)50-77(82)78-51-67(41-47-83(78)97)60-20-8-3-9-21-60/h2-55H. The van der Waals surface area contributed by atoms with Crippen LogP contribution in [-0.2, 0) is 0 Å². The summed E-state index contributed by atoms with van der Waals surface area (Å²) in [6.07, 6.45) is 0. The molecule has 0 saturated carbocycles. The molecule has 0 aliphatic rings. The van der Waals surface area contributed by atoms with Crippen LogP contribution in [0.2, 0.25) is 0 Å². The summed E-state index contributed by atoms with van der Waals surface area (Å²) >= 11 is 0. The van der Waals surface area contributed by atoms with E-state index in [0.29, 0.717) is 34.3 Å². The molecule has 0 atom stereocenters. The van der Waals surface area contributed by atoms with Gasteiger partial charge in [-0.25, -0.2) is 19.8 Å². The normalized spacial score (nSPS) is 11.2. The Balaban J connectivity index is 0.914. The van der Waals surface area contributed by atoms with Crippen LogP contribution in [0.25, 0.3) is 172 Å². The summed E-state index contributed by atoms with van der Waals surface area (Å²) in [5.41, 5.74) is 23.6. The molecular weight excluding hydrogens is 1190 g/mol. The topological polar surface area (TPSA) is 100 Å². The van der Waals surface area contributed by atoms with E-state index >= 15 is 0 Å². The van der Waals surface area contributed by atoms with E-state index in [1.54, 1.807) is 0 Å². The summed E-state index contributed by atoms with van der Waals surface area (Å²) in [4.78, 5) is 20.5. The van der Waals surface area contributed by atoms with Gasteiger partial charge < -0.3 is 9.13 Å². The minimum atomic E-state index is 0.434. The second-order valence-corrected chi connectivity index (χ2v) is 24.4. The van der Waals surface area contributed by atoms with E-state index in [9.17, 15) is 10.5 Å². The highest BCUT2D eigenvalue weighted by molar-refractivity contribution is 6.14. The molecule has 17 aromatic rings. The second-order valence-electron chi connectivity index (χ2n) is 24.4. The van der Waals surface area contributed by atoms with Crippen molar-refractivity contribution < 1.29 is 0 Å². The van der Waals surface area contributed by atoms with Crippen LogP contribution in [0.1, 0.15) is 11.1 Å². The van der Waals surface area contributed by atoms with E-state index in [1.165, 1.54) is 0 Å². The average Bonchev–Trinajstić information content (AvgIpc) is 1.54. The van der Waals surface area contributed by atoms with Crippen molar-refractivity contribution in [2.75, 3.05) is 0 Å². The largest absolute Gasteiger partial charge is 0.309 e. The molecule has 0 aliphatic heterocycles. The molecule has 3 aromatic heterocycles. The van der Waals surface area contributed by atoms with E-state index in [2.05, 4.69) is 245 Å². The van der Waals surface area contributed by atoms with Crippen LogP contribution < -0.4 is 0 Å². The van der Waals surface area contributed by atoms with Gasteiger partial charge in [0.05, 0.1) is 63.3 Å². The highest BCUT2D eigenvalue weighted by atomic mass is 15.0. The summed E-state index contributed by atoms with van der Waals surface area (Å²) in [6.45, 7) is 8.49. The summed E-state index contributed by atoms with van der Waals surface area (Å²) in [6, 6.07) is 118. The lowest BCUT2D eigenvalue weighted by atomic mass is 9.96. The van der Waals surface area contributed by atoms with Crippen molar-refractivity contribution in [3.8, 4) is 136 Å². The Kier molecular flexibility index (Phi) is 14.5. The summed E-state index contributed by atoms with van der Waals surface area (Å²) in [5, 5.41) is 24.8. The van der Waals surface area contributed by atoms with E-state index < -0.39 is 0 Å². The van der Waals surface area contributed by atoms with Crippen LogP contribution in [0, 0.1) is 29.2 Å². The van der Waals surface area contributed by atoms with E-state index in [0.717, 1.165) is 150 Å². The van der Waals surface area contributed by atoms with Crippen LogP contribution in [-0.4, -0.2) is 24.1 Å². The Morgan fingerprint density at radius 2 is 0.582 bits per heavy atom. The fourth-order valence-electron chi connectivity index (χ4n) is 13.9. The van der Waals surface area contributed by atoms with Crippen molar-refractivity contribution >= 4 is 49.3 Å². The first-order valence-corrected chi connectivity index (χ1v) is 32.4. The lowest BCUT2D eigenvalue weighted by molar-refractivity contribution is 1.07. The van der Waals surface area contributed by atoms with Crippen molar-refractivity contribution in [2.24, 2.45) is 0 Å². The van der Waals surface area contributed by atoms with Crippen molar-refractivity contribution in [1.29, 1.82) is 10.5 Å². The fraction of sp³-hybridized carbons (Fsp3) is 0. The maximum absolute atomic E-state index is 10.8. The van der Waals surface area contributed by atoms with Crippen molar-refractivity contribution in [2.45, 2.75) is 0 Å². The summed E-state index contributed by atoms with van der Waals surface area (Å²) in [5.74, 6) is 1.33. The number of para-hydroxylation sites is 1. The molecule has 0 saturated heterocycles. The van der Waals surface area contributed by atoms with Gasteiger partial charge >= 0.3 is 0 Å². The van der Waals surface area contributed by atoms with E-state index in [1.807, 2.05) is 109 Å². The summed E-state index contributed by atoms with van der Waals surface area (Å²) in [7, 11) is 0. The molecule has 8 heteroatoms. The van der Waals surface area contributed by atoms with Gasteiger partial charge in [0.15, 0.2) is 23.2 Å². The number of rotatable bonds is 12. The number of benzene rings is 14. The van der Waals surface area contributed by atoms with E-state index in [-0.39, 0.29) is 0 Å². The Morgan fingerprint density at radius 3 is 0.980 bits per heavy atom. The van der Waals surface area contributed by atoms with Gasteiger partial charge in [-0.15, -0.1) is 0 Å². The first-order chi connectivity index (χ1) is 48.4. The van der Waals surface area contributed by atoms with Gasteiger partial charge in [0.2, 0.25) is 0 Å². The molecule has 3 heterocycles. The first-order valence-electron chi connectivity index (χ1n) is 32.4. The van der Waals surface area contributed by atoms with Crippen molar-refractivity contribution in [3.05, 3.63) is 350 Å². The predicted molar refractivity (Wildman–Crippen MR) is 399 cm³/mol. The molecule has 98 heavy (non-hydrogen) atoms. The second kappa shape index (κ2) is 24.6. The Hall–Kier alpha value is -13.8. The predicted octanol–water partition coefficient (Wildman–Crippen LogP) is 23.0. The van der Waals surface area contributed by atoms with Crippen LogP contribution in [0.15, 0.2) is 328 Å². The lowest BCUT2D eigenvalue weighted by Crippen LogP contribution is -2.04. The molecule has 17 rings (SSSR count). The maximum atomic E-state index is 10.8. The molecule has 0 unspecified atom stereocenters.